The molecule has 0 heterocycles. The van der Waals surface area contributed by atoms with Crippen LogP contribution in [0.2, 0.25) is 0 Å². The number of amides is 1. The first-order chi connectivity index (χ1) is 11.6. The van der Waals surface area contributed by atoms with Crippen LogP contribution in [0.15, 0.2) is 42.5 Å². The van der Waals surface area contributed by atoms with Gasteiger partial charge in [-0.3, -0.25) is 4.79 Å². The molecule has 0 unspecified atom stereocenters. The highest BCUT2D eigenvalue weighted by Gasteiger charge is 2.12. The van der Waals surface area contributed by atoms with Gasteiger partial charge < -0.3 is 19.5 Å². The lowest BCUT2D eigenvalue weighted by Crippen LogP contribution is -2.08. The van der Waals surface area contributed by atoms with Crippen LogP contribution in [0.1, 0.15) is 5.56 Å². The van der Waals surface area contributed by atoms with Crippen LogP contribution in [-0.4, -0.2) is 27.2 Å². The Balaban J connectivity index is 2.19. The molecular weight excluding hydrogens is 421 g/mol. The maximum atomic E-state index is 12.1. The van der Waals surface area contributed by atoms with Crippen molar-refractivity contribution in [3.8, 4) is 17.2 Å². The third kappa shape index (κ3) is 4.41. The van der Waals surface area contributed by atoms with Crippen molar-refractivity contribution in [3.63, 3.8) is 0 Å². The minimum absolute atomic E-state index is 0.215. The molecule has 2 aromatic rings. The van der Waals surface area contributed by atoms with Crippen LogP contribution in [-0.2, 0) is 4.79 Å². The van der Waals surface area contributed by atoms with Crippen LogP contribution in [0, 0.1) is 3.57 Å². The summed E-state index contributed by atoms with van der Waals surface area (Å²) in [6, 6.07) is 11.1. The van der Waals surface area contributed by atoms with E-state index in [9.17, 15) is 4.79 Å². The maximum Gasteiger partial charge on any atom is 0.248 e. The molecule has 1 amide bonds. The van der Waals surface area contributed by atoms with Crippen LogP contribution in [0.5, 0.6) is 17.2 Å². The minimum Gasteiger partial charge on any atom is -0.493 e. The van der Waals surface area contributed by atoms with Gasteiger partial charge in [-0.2, -0.15) is 0 Å². The zero-order chi connectivity index (χ0) is 17.5. The number of anilines is 1. The first-order valence-corrected chi connectivity index (χ1v) is 8.20. The predicted molar refractivity (Wildman–Crippen MR) is 103 cm³/mol. The highest BCUT2D eigenvalue weighted by molar-refractivity contribution is 14.1. The summed E-state index contributed by atoms with van der Waals surface area (Å²) in [5.41, 5.74) is 1.54. The average Bonchev–Trinajstić information content (AvgIpc) is 2.60. The quantitative estimate of drug-likeness (QED) is 0.547. The van der Waals surface area contributed by atoms with E-state index in [1.807, 2.05) is 24.3 Å². The molecule has 126 valence electrons. The lowest BCUT2D eigenvalue weighted by Gasteiger charge is -2.12. The van der Waals surface area contributed by atoms with E-state index in [4.69, 9.17) is 14.2 Å². The van der Waals surface area contributed by atoms with E-state index >= 15 is 0 Å². The highest BCUT2D eigenvalue weighted by Crippen LogP contribution is 2.38. The van der Waals surface area contributed by atoms with Gasteiger partial charge in [0.25, 0.3) is 0 Å². The van der Waals surface area contributed by atoms with Crippen molar-refractivity contribution in [2.45, 2.75) is 0 Å². The number of hydrogen-bond acceptors (Lipinski definition) is 4. The first kappa shape index (κ1) is 18.1. The number of rotatable bonds is 6. The molecule has 1 N–H and O–H groups in total. The van der Waals surface area contributed by atoms with Crippen LogP contribution in [0.4, 0.5) is 5.69 Å². The maximum absolute atomic E-state index is 12.1. The first-order valence-electron chi connectivity index (χ1n) is 7.12. The van der Waals surface area contributed by atoms with E-state index in [0.29, 0.717) is 17.2 Å². The number of benzene rings is 2. The van der Waals surface area contributed by atoms with Crippen molar-refractivity contribution in [3.05, 3.63) is 51.6 Å². The molecule has 6 heteroatoms. The molecule has 5 nitrogen and oxygen atoms in total. The van der Waals surface area contributed by atoms with Gasteiger partial charge in [-0.05, 0) is 58.5 Å². The molecule has 0 saturated heterocycles. The Bertz CT molecular complexity index is 733. The number of carbonyl (C=O) groups is 1. The second kappa shape index (κ2) is 8.58. The van der Waals surface area contributed by atoms with E-state index in [1.54, 1.807) is 39.5 Å². The Labute approximate surface area is 154 Å². The topological polar surface area (TPSA) is 56.8 Å². The van der Waals surface area contributed by atoms with Crippen molar-refractivity contribution < 1.29 is 19.0 Å². The van der Waals surface area contributed by atoms with Crippen LogP contribution in [0.25, 0.3) is 6.08 Å². The van der Waals surface area contributed by atoms with Crippen molar-refractivity contribution in [2.24, 2.45) is 0 Å². The van der Waals surface area contributed by atoms with Gasteiger partial charge in [0.2, 0.25) is 11.7 Å². The van der Waals surface area contributed by atoms with Gasteiger partial charge in [0.1, 0.15) is 0 Å². The van der Waals surface area contributed by atoms with Gasteiger partial charge >= 0.3 is 0 Å². The summed E-state index contributed by atoms with van der Waals surface area (Å²) in [5.74, 6) is 1.37. The fourth-order valence-corrected chi connectivity index (χ4v) is 2.63. The Hall–Kier alpha value is -2.22. The normalized spacial score (nSPS) is 10.5. The molecule has 0 aromatic heterocycles. The second-order valence-electron chi connectivity index (χ2n) is 4.76. The number of methoxy groups -OCH3 is 3. The molecule has 0 saturated carbocycles. The van der Waals surface area contributed by atoms with Crippen LogP contribution >= 0.6 is 22.6 Å². The predicted octanol–water partition coefficient (Wildman–Crippen LogP) is 3.97. The molecule has 2 aromatic carbocycles. The molecule has 0 aliphatic rings. The number of carbonyl (C=O) groups excluding carboxylic acids is 1. The number of ether oxygens (including phenoxy) is 3. The monoisotopic (exact) mass is 439 g/mol. The van der Waals surface area contributed by atoms with Crippen LogP contribution in [0.3, 0.4) is 0 Å². The van der Waals surface area contributed by atoms with E-state index in [1.165, 1.54) is 6.08 Å². The molecule has 24 heavy (non-hydrogen) atoms. The molecule has 0 aliphatic heterocycles. The van der Waals surface area contributed by atoms with Gasteiger partial charge in [0, 0.05) is 9.65 Å². The smallest absolute Gasteiger partial charge is 0.248 e. The fourth-order valence-electron chi connectivity index (χ4n) is 2.11. The Morgan fingerprint density at radius 2 is 1.67 bits per heavy atom. The molecule has 0 spiro atoms. The second-order valence-corrected chi connectivity index (χ2v) is 5.92. The van der Waals surface area contributed by atoms with Crippen LogP contribution < -0.4 is 19.5 Å². The van der Waals surface area contributed by atoms with E-state index in [-0.39, 0.29) is 5.91 Å². The zero-order valence-electron chi connectivity index (χ0n) is 13.6. The third-order valence-electron chi connectivity index (χ3n) is 3.25. The van der Waals surface area contributed by atoms with E-state index in [0.717, 1.165) is 14.8 Å². The lowest BCUT2D eigenvalue weighted by molar-refractivity contribution is -0.111. The standard InChI is InChI=1S/C18H18INO4/c1-22-15-10-12(11-16(23-2)18(15)24-3)8-9-17(21)20-14-7-5-4-6-13(14)19/h4-11H,1-3H3,(H,20,21)/b9-8+. The zero-order valence-corrected chi connectivity index (χ0v) is 15.8. The number of halogens is 1. The molecule has 0 aliphatic carbocycles. The molecule has 2 rings (SSSR count). The number of nitrogens with one attached hydrogen (secondary N) is 1. The van der Waals surface area contributed by atoms with E-state index in [2.05, 4.69) is 27.9 Å². The van der Waals surface area contributed by atoms with Crippen molar-refractivity contribution >= 4 is 40.3 Å². The Morgan fingerprint density at radius 3 is 2.21 bits per heavy atom. The molecule has 0 bridgehead atoms. The van der Waals surface area contributed by atoms with Gasteiger partial charge in [0.05, 0.1) is 27.0 Å². The molecule has 0 radical (unpaired) electrons. The summed E-state index contributed by atoms with van der Waals surface area (Å²) in [4.78, 5) is 12.1. The third-order valence-corrected chi connectivity index (χ3v) is 4.19. The fraction of sp³-hybridized carbons (Fsp3) is 0.167. The summed E-state index contributed by atoms with van der Waals surface area (Å²) < 4.78 is 16.8. The highest BCUT2D eigenvalue weighted by atomic mass is 127. The summed E-state index contributed by atoms with van der Waals surface area (Å²) in [7, 11) is 4.65. The van der Waals surface area contributed by atoms with Crippen molar-refractivity contribution in [1.29, 1.82) is 0 Å². The largest absolute Gasteiger partial charge is 0.493 e. The summed E-state index contributed by atoms with van der Waals surface area (Å²) in [5, 5.41) is 2.84. The van der Waals surface area contributed by atoms with Gasteiger partial charge in [-0.25, -0.2) is 0 Å². The van der Waals surface area contributed by atoms with Gasteiger partial charge in [-0.1, -0.05) is 12.1 Å². The molecule has 0 fully saturated rings. The Kier molecular flexibility index (Phi) is 6.48. The SMILES string of the molecule is COc1cc(/C=C/C(=O)Nc2ccccc2I)cc(OC)c1OC. The average molecular weight is 439 g/mol. The summed E-state index contributed by atoms with van der Waals surface area (Å²) in [6.07, 6.45) is 3.15. The van der Waals surface area contributed by atoms with Gasteiger partial charge in [-0.15, -0.1) is 0 Å². The minimum atomic E-state index is -0.215. The summed E-state index contributed by atoms with van der Waals surface area (Å²) in [6.45, 7) is 0. The van der Waals surface area contributed by atoms with Crippen molar-refractivity contribution in [2.75, 3.05) is 26.6 Å². The molecule has 0 atom stereocenters. The molecular formula is C18H18INO4. The summed E-state index contributed by atoms with van der Waals surface area (Å²) >= 11 is 2.17. The van der Waals surface area contributed by atoms with E-state index < -0.39 is 0 Å². The Morgan fingerprint density at radius 1 is 1.04 bits per heavy atom. The number of para-hydroxylation sites is 1. The van der Waals surface area contributed by atoms with Gasteiger partial charge in [0.15, 0.2) is 11.5 Å². The van der Waals surface area contributed by atoms with Crippen molar-refractivity contribution in [1.82, 2.24) is 0 Å². The lowest BCUT2D eigenvalue weighted by atomic mass is 10.1. The number of hydrogen-bond donors (Lipinski definition) is 1.